The first-order valence-electron chi connectivity index (χ1n) is 18.8. The minimum Gasteiger partial charge on any atom is -0.494 e. The summed E-state index contributed by atoms with van der Waals surface area (Å²) in [5.74, 6) is -2.28. The average Bonchev–Trinajstić information content (AvgIpc) is 3.63. The molecular weight excluding hydrogens is 648 g/mol. The normalized spacial score (nSPS) is 13.3. The second kappa shape index (κ2) is 33.2. The van der Waals surface area contributed by atoms with Crippen LogP contribution in [0.5, 0.6) is 5.75 Å². The topological polar surface area (TPSA) is 154 Å². The number of aliphatic hydroxyl groups excluding tert-OH is 1. The summed E-state index contributed by atoms with van der Waals surface area (Å²) in [5, 5.41) is 16.6. The lowest BCUT2D eigenvalue weighted by Gasteiger charge is -2.24. The summed E-state index contributed by atoms with van der Waals surface area (Å²) in [6, 6.07) is 6.33. The molecule has 11 nitrogen and oxygen atoms in total. The molecule has 0 aromatic heterocycles. The monoisotopic (exact) mass is 717 g/mol. The largest absolute Gasteiger partial charge is 0.494 e. The van der Waals surface area contributed by atoms with Crippen LogP contribution in [0.4, 0.5) is 0 Å². The van der Waals surface area contributed by atoms with E-state index in [1.54, 1.807) is 31.2 Å². The van der Waals surface area contributed by atoms with Crippen molar-refractivity contribution in [3.63, 3.8) is 0 Å². The standard InChI is InChI=1S/C26H36N4O7.C7H16.C5H10.C2H6/c1-3-11-27-26(36)22(32)16-29-25(35)21-10-5-12-30(21)24(34)17-28-23(33)15-19-8-4-9-20(14-19)37-13-6-7-18(2)31;1-3-5-7-6-4-2;1-3-5-4-2;1-2/h3-4,8-9,14,18,21,31H,1,5-7,10-13,15-17H2,2H3,(H,27,36)(H,28,33)(H,29,35);3-7H2,1-2H3;3H,1,4-5H2,2H3;1-2H3. The average molecular weight is 717 g/mol. The Hall–Kier alpha value is -3.99. The van der Waals surface area contributed by atoms with E-state index in [2.05, 4.69) is 49.9 Å². The zero-order chi connectivity index (χ0) is 38.9. The Kier molecular flexibility index (Phi) is 31.9. The number of carbonyl (C=O) groups excluding carboxylic acids is 5. The Bertz CT molecular complexity index is 1140. The third kappa shape index (κ3) is 25.6. The van der Waals surface area contributed by atoms with Crippen molar-refractivity contribution in [1.29, 1.82) is 0 Å². The molecule has 11 heteroatoms. The van der Waals surface area contributed by atoms with Crippen molar-refractivity contribution in [2.45, 2.75) is 131 Å². The first-order valence-corrected chi connectivity index (χ1v) is 18.8. The fourth-order valence-corrected chi connectivity index (χ4v) is 4.69. The molecule has 0 aliphatic carbocycles. The van der Waals surface area contributed by atoms with Gasteiger partial charge in [0.25, 0.3) is 5.91 Å². The van der Waals surface area contributed by atoms with Crippen LogP contribution in [0.15, 0.2) is 49.6 Å². The van der Waals surface area contributed by atoms with E-state index >= 15 is 0 Å². The minimum absolute atomic E-state index is 0.0537. The van der Waals surface area contributed by atoms with Crippen LogP contribution in [0, 0.1) is 0 Å². The lowest BCUT2D eigenvalue weighted by atomic mass is 10.1. The number of Topliss-reactive ketones (excluding diaryl/α,β-unsaturated/α-hetero) is 1. The fourth-order valence-electron chi connectivity index (χ4n) is 4.69. The van der Waals surface area contributed by atoms with Crippen molar-refractivity contribution in [3.05, 3.63) is 55.1 Å². The maximum atomic E-state index is 12.7. The highest BCUT2D eigenvalue weighted by molar-refractivity contribution is 6.37. The molecule has 4 N–H and O–H groups in total. The lowest BCUT2D eigenvalue weighted by molar-refractivity contribution is -0.140. The quantitative estimate of drug-likeness (QED) is 0.0709. The van der Waals surface area contributed by atoms with Crippen molar-refractivity contribution in [2.75, 3.05) is 32.8 Å². The number of ketones is 1. The van der Waals surface area contributed by atoms with Crippen molar-refractivity contribution in [1.82, 2.24) is 20.9 Å². The van der Waals surface area contributed by atoms with Crippen LogP contribution >= 0.6 is 0 Å². The molecule has 290 valence electrons. The summed E-state index contributed by atoms with van der Waals surface area (Å²) in [4.78, 5) is 62.4. The van der Waals surface area contributed by atoms with Gasteiger partial charge in [-0.15, -0.1) is 13.2 Å². The van der Waals surface area contributed by atoms with Gasteiger partial charge < -0.3 is 30.7 Å². The molecule has 2 atom stereocenters. The number of hydrogen-bond donors (Lipinski definition) is 4. The lowest BCUT2D eigenvalue weighted by Crippen LogP contribution is -2.50. The molecule has 0 spiro atoms. The Morgan fingerprint density at radius 2 is 1.63 bits per heavy atom. The highest BCUT2D eigenvalue weighted by Crippen LogP contribution is 2.18. The van der Waals surface area contributed by atoms with E-state index in [-0.39, 0.29) is 31.5 Å². The molecule has 1 aromatic rings. The number of aliphatic hydroxyl groups is 1. The number of carbonyl (C=O) groups is 5. The molecule has 0 radical (unpaired) electrons. The van der Waals surface area contributed by atoms with Gasteiger partial charge in [-0.25, -0.2) is 0 Å². The van der Waals surface area contributed by atoms with Crippen LogP contribution in [0.2, 0.25) is 0 Å². The molecule has 1 aliphatic heterocycles. The van der Waals surface area contributed by atoms with Crippen LogP contribution in [-0.4, -0.2) is 84.4 Å². The van der Waals surface area contributed by atoms with Gasteiger partial charge in [0.05, 0.1) is 32.2 Å². The third-order valence-corrected chi connectivity index (χ3v) is 7.39. The summed E-state index contributed by atoms with van der Waals surface area (Å²) in [5.41, 5.74) is 0.721. The summed E-state index contributed by atoms with van der Waals surface area (Å²) >= 11 is 0. The molecule has 1 aliphatic rings. The van der Waals surface area contributed by atoms with Gasteiger partial charge >= 0.3 is 0 Å². The first kappa shape index (κ1) is 49.1. The number of nitrogens with one attached hydrogen (secondary N) is 3. The Morgan fingerprint density at radius 1 is 0.941 bits per heavy atom. The van der Waals surface area contributed by atoms with E-state index in [0.717, 1.165) is 12.0 Å². The van der Waals surface area contributed by atoms with Gasteiger partial charge in [-0.2, -0.15) is 0 Å². The molecule has 1 heterocycles. The zero-order valence-corrected chi connectivity index (χ0v) is 32.4. The number of unbranched alkanes of at least 4 members (excludes halogenated alkanes) is 5. The van der Waals surface area contributed by atoms with Gasteiger partial charge in [0.15, 0.2) is 0 Å². The van der Waals surface area contributed by atoms with Crippen molar-refractivity contribution < 1.29 is 33.8 Å². The molecule has 0 saturated carbocycles. The third-order valence-electron chi connectivity index (χ3n) is 7.39. The van der Waals surface area contributed by atoms with E-state index in [1.165, 1.54) is 49.5 Å². The Balaban J connectivity index is 0. The number of ether oxygens (including phenoxy) is 1. The molecule has 1 aromatic carbocycles. The predicted molar refractivity (Wildman–Crippen MR) is 206 cm³/mol. The summed E-state index contributed by atoms with van der Waals surface area (Å²) in [7, 11) is 0. The SMILES string of the molecule is C=CCCC.C=CCNC(=O)C(=O)CNC(=O)C1CCCN1C(=O)CNC(=O)Cc1cccc(OCCCC(C)O)c1.CC.CCCCCCC. The number of benzene rings is 1. The number of hydrogen-bond acceptors (Lipinski definition) is 7. The number of nitrogens with zero attached hydrogens (tertiary/aromatic N) is 1. The zero-order valence-electron chi connectivity index (χ0n) is 32.4. The highest BCUT2D eigenvalue weighted by atomic mass is 16.5. The molecule has 51 heavy (non-hydrogen) atoms. The molecule has 0 bridgehead atoms. The summed E-state index contributed by atoms with van der Waals surface area (Å²) in [6.45, 7) is 19.6. The summed E-state index contributed by atoms with van der Waals surface area (Å²) < 4.78 is 5.65. The van der Waals surface area contributed by atoms with Gasteiger partial charge in [-0.1, -0.05) is 97.4 Å². The molecule has 4 amide bonds. The van der Waals surface area contributed by atoms with E-state index in [4.69, 9.17) is 4.74 Å². The maximum Gasteiger partial charge on any atom is 0.289 e. The first-order chi connectivity index (χ1) is 24.5. The number of allylic oxidation sites excluding steroid dienone is 1. The van der Waals surface area contributed by atoms with Gasteiger partial charge in [0.1, 0.15) is 11.8 Å². The Morgan fingerprint density at radius 3 is 2.20 bits per heavy atom. The van der Waals surface area contributed by atoms with Gasteiger partial charge in [0, 0.05) is 13.1 Å². The van der Waals surface area contributed by atoms with Crippen molar-refractivity contribution in [3.8, 4) is 5.75 Å². The molecular formula is C40H68N4O7. The molecule has 1 saturated heterocycles. The van der Waals surface area contributed by atoms with E-state index in [1.807, 2.05) is 19.9 Å². The van der Waals surface area contributed by atoms with Gasteiger partial charge in [0.2, 0.25) is 23.5 Å². The molecule has 1 fully saturated rings. The van der Waals surface area contributed by atoms with E-state index < -0.39 is 36.1 Å². The van der Waals surface area contributed by atoms with Crippen LogP contribution in [0.1, 0.15) is 118 Å². The van der Waals surface area contributed by atoms with Crippen LogP contribution in [0.3, 0.4) is 0 Å². The Labute approximate surface area is 308 Å². The summed E-state index contributed by atoms with van der Waals surface area (Å²) in [6.07, 6.45) is 14.8. The van der Waals surface area contributed by atoms with Gasteiger partial charge in [-0.3, -0.25) is 24.0 Å². The number of amides is 4. The van der Waals surface area contributed by atoms with Crippen LogP contribution in [0.25, 0.3) is 0 Å². The fraction of sp³-hybridized carbons (Fsp3) is 0.625. The maximum absolute atomic E-state index is 12.7. The van der Waals surface area contributed by atoms with Crippen LogP contribution < -0.4 is 20.7 Å². The molecule has 2 rings (SSSR count). The van der Waals surface area contributed by atoms with E-state index in [0.29, 0.717) is 44.6 Å². The second-order valence-electron chi connectivity index (χ2n) is 12.0. The second-order valence-corrected chi connectivity index (χ2v) is 12.0. The highest BCUT2D eigenvalue weighted by Gasteiger charge is 2.34. The van der Waals surface area contributed by atoms with Crippen LogP contribution in [-0.2, 0) is 30.4 Å². The molecule has 2 unspecified atom stereocenters. The van der Waals surface area contributed by atoms with Crippen molar-refractivity contribution in [2.24, 2.45) is 0 Å². The predicted octanol–water partition coefficient (Wildman–Crippen LogP) is 5.84. The van der Waals surface area contributed by atoms with Crippen molar-refractivity contribution >= 4 is 29.4 Å². The minimum atomic E-state index is -0.823. The number of likely N-dealkylation sites (tertiary alicyclic amines) is 1. The number of rotatable bonds is 21. The van der Waals surface area contributed by atoms with E-state index in [9.17, 15) is 29.1 Å². The smallest absolute Gasteiger partial charge is 0.289 e. The van der Waals surface area contributed by atoms with Gasteiger partial charge in [-0.05, 0) is 56.7 Å².